The van der Waals surface area contributed by atoms with E-state index >= 15 is 0 Å². The fourth-order valence-electron chi connectivity index (χ4n) is 1.85. The fraction of sp³-hybridized carbons (Fsp3) is 0.357. The molecule has 2 heterocycles. The van der Waals surface area contributed by atoms with Crippen LogP contribution >= 0.6 is 11.3 Å². The standard InChI is InChI=1S/C14H15N3O3S/c1-2-7-17(10-13(18)19)8-3-6-12-15-14(16-20-12)11-5-4-9-21-11/h1,4-5,9H,3,6-8,10H2,(H,18,19). The number of aliphatic carboxylic acids is 1. The summed E-state index contributed by atoms with van der Waals surface area (Å²) >= 11 is 1.55. The van der Waals surface area contributed by atoms with E-state index in [-0.39, 0.29) is 6.54 Å². The van der Waals surface area contributed by atoms with E-state index in [0.29, 0.717) is 37.6 Å². The van der Waals surface area contributed by atoms with Crippen LogP contribution in [0, 0.1) is 12.3 Å². The molecule has 0 aromatic carbocycles. The molecule has 0 saturated carbocycles. The van der Waals surface area contributed by atoms with Crippen molar-refractivity contribution in [3.8, 4) is 23.0 Å². The topological polar surface area (TPSA) is 79.5 Å². The van der Waals surface area contributed by atoms with Crippen LogP contribution in [0.5, 0.6) is 0 Å². The third kappa shape index (κ3) is 4.70. The summed E-state index contributed by atoms with van der Waals surface area (Å²) in [6, 6.07) is 3.86. The summed E-state index contributed by atoms with van der Waals surface area (Å²) in [5, 5.41) is 14.7. The number of aryl methyl sites for hydroxylation is 1. The van der Waals surface area contributed by atoms with Crippen LogP contribution in [-0.2, 0) is 11.2 Å². The van der Waals surface area contributed by atoms with Crippen LogP contribution in [0.2, 0.25) is 0 Å². The molecule has 2 aromatic heterocycles. The van der Waals surface area contributed by atoms with Crippen molar-refractivity contribution in [3.05, 3.63) is 23.4 Å². The average molecular weight is 305 g/mol. The quantitative estimate of drug-likeness (QED) is 0.749. The molecule has 0 bridgehead atoms. The lowest BCUT2D eigenvalue weighted by molar-refractivity contribution is -0.138. The number of carboxylic acids is 1. The summed E-state index contributed by atoms with van der Waals surface area (Å²) in [6.45, 7) is 0.832. The lowest BCUT2D eigenvalue weighted by Gasteiger charge is -2.16. The summed E-state index contributed by atoms with van der Waals surface area (Å²) in [5.41, 5.74) is 0. The third-order valence-electron chi connectivity index (χ3n) is 2.75. The van der Waals surface area contributed by atoms with E-state index in [1.54, 1.807) is 16.2 Å². The predicted molar refractivity (Wildman–Crippen MR) is 78.8 cm³/mol. The van der Waals surface area contributed by atoms with Gasteiger partial charge in [-0.1, -0.05) is 17.1 Å². The van der Waals surface area contributed by atoms with Gasteiger partial charge in [-0.3, -0.25) is 9.69 Å². The summed E-state index contributed by atoms with van der Waals surface area (Å²) < 4.78 is 5.18. The van der Waals surface area contributed by atoms with Gasteiger partial charge in [0.2, 0.25) is 11.7 Å². The van der Waals surface area contributed by atoms with Crippen molar-refractivity contribution in [2.45, 2.75) is 12.8 Å². The largest absolute Gasteiger partial charge is 0.480 e. The summed E-state index contributed by atoms with van der Waals surface area (Å²) in [6.07, 6.45) is 6.53. The lowest BCUT2D eigenvalue weighted by Crippen LogP contribution is -2.31. The first-order valence-electron chi connectivity index (χ1n) is 6.43. The molecule has 0 atom stereocenters. The number of terminal acetylenes is 1. The van der Waals surface area contributed by atoms with Gasteiger partial charge in [-0.25, -0.2) is 0 Å². The number of nitrogens with zero attached hydrogens (tertiary/aromatic N) is 3. The van der Waals surface area contributed by atoms with Gasteiger partial charge in [0.15, 0.2) is 0 Å². The Bertz CT molecular complexity index is 616. The first kappa shape index (κ1) is 15.2. The van der Waals surface area contributed by atoms with Crippen LogP contribution < -0.4 is 0 Å². The molecule has 1 N–H and O–H groups in total. The van der Waals surface area contributed by atoms with E-state index in [1.165, 1.54) is 0 Å². The van der Waals surface area contributed by atoms with E-state index in [9.17, 15) is 4.79 Å². The Kier molecular flexibility index (Phi) is 5.49. The van der Waals surface area contributed by atoms with Gasteiger partial charge in [-0.05, 0) is 17.9 Å². The van der Waals surface area contributed by atoms with Crippen molar-refractivity contribution in [3.63, 3.8) is 0 Å². The van der Waals surface area contributed by atoms with Crippen molar-refractivity contribution in [2.24, 2.45) is 0 Å². The molecule has 21 heavy (non-hydrogen) atoms. The predicted octanol–water partition coefficient (Wildman–Crippen LogP) is 1.75. The fourth-order valence-corrected chi connectivity index (χ4v) is 2.50. The van der Waals surface area contributed by atoms with Gasteiger partial charge in [0.1, 0.15) is 0 Å². The van der Waals surface area contributed by atoms with Crippen molar-refractivity contribution >= 4 is 17.3 Å². The van der Waals surface area contributed by atoms with Crippen LogP contribution in [0.4, 0.5) is 0 Å². The smallest absolute Gasteiger partial charge is 0.317 e. The Morgan fingerprint density at radius 2 is 2.43 bits per heavy atom. The Labute approximate surface area is 126 Å². The van der Waals surface area contributed by atoms with E-state index in [4.69, 9.17) is 16.1 Å². The number of carbonyl (C=O) groups is 1. The molecule has 0 fully saturated rings. The number of hydrogen-bond donors (Lipinski definition) is 1. The zero-order valence-electron chi connectivity index (χ0n) is 11.4. The number of aromatic nitrogens is 2. The Hall–Kier alpha value is -2.17. The molecule has 0 amide bonds. The molecule has 6 nitrogen and oxygen atoms in total. The Morgan fingerprint density at radius 1 is 1.57 bits per heavy atom. The molecule has 0 saturated heterocycles. The summed E-state index contributed by atoms with van der Waals surface area (Å²) in [4.78, 5) is 17.7. The molecule has 2 rings (SSSR count). The van der Waals surface area contributed by atoms with E-state index in [0.717, 1.165) is 4.88 Å². The maximum Gasteiger partial charge on any atom is 0.317 e. The summed E-state index contributed by atoms with van der Waals surface area (Å²) in [7, 11) is 0. The van der Waals surface area contributed by atoms with Crippen LogP contribution in [0.25, 0.3) is 10.7 Å². The molecule has 110 valence electrons. The van der Waals surface area contributed by atoms with Crippen molar-refractivity contribution in [1.29, 1.82) is 0 Å². The van der Waals surface area contributed by atoms with E-state index in [2.05, 4.69) is 16.1 Å². The van der Waals surface area contributed by atoms with E-state index in [1.807, 2.05) is 17.5 Å². The molecule has 0 aliphatic carbocycles. The Morgan fingerprint density at radius 3 is 3.10 bits per heavy atom. The van der Waals surface area contributed by atoms with Gasteiger partial charge in [-0.2, -0.15) is 4.98 Å². The van der Waals surface area contributed by atoms with Gasteiger partial charge in [0.05, 0.1) is 18.0 Å². The second-order valence-electron chi connectivity index (χ2n) is 4.40. The highest BCUT2D eigenvalue weighted by Crippen LogP contribution is 2.21. The highest BCUT2D eigenvalue weighted by molar-refractivity contribution is 7.13. The highest BCUT2D eigenvalue weighted by Gasteiger charge is 2.11. The SMILES string of the molecule is C#CCN(CCCc1nc(-c2cccs2)no1)CC(=O)O. The van der Waals surface area contributed by atoms with E-state index < -0.39 is 5.97 Å². The van der Waals surface area contributed by atoms with Gasteiger partial charge in [-0.15, -0.1) is 17.8 Å². The number of rotatable bonds is 8. The van der Waals surface area contributed by atoms with Crippen LogP contribution in [-0.4, -0.2) is 45.8 Å². The van der Waals surface area contributed by atoms with Crippen LogP contribution in [0.1, 0.15) is 12.3 Å². The first-order chi connectivity index (χ1) is 10.2. The van der Waals surface area contributed by atoms with Crippen LogP contribution in [0.15, 0.2) is 22.0 Å². The average Bonchev–Trinajstić information content (AvgIpc) is 3.08. The molecule has 0 unspecified atom stereocenters. The van der Waals surface area contributed by atoms with Gasteiger partial charge in [0, 0.05) is 13.0 Å². The second-order valence-corrected chi connectivity index (χ2v) is 5.35. The maximum atomic E-state index is 10.7. The lowest BCUT2D eigenvalue weighted by atomic mass is 10.3. The minimum atomic E-state index is -0.886. The van der Waals surface area contributed by atoms with Crippen LogP contribution in [0.3, 0.4) is 0 Å². The zero-order chi connectivity index (χ0) is 15.1. The zero-order valence-corrected chi connectivity index (χ0v) is 12.2. The number of carboxylic acid groups (broad SMARTS) is 1. The maximum absolute atomic E-state index is 10.7. The molecule has 0 aliphatic heterocycles. The van der Waals surface area contributed by atoms with Crippen molar-refractivity contribution in [1.82, 2.24) is 15.0 Å². The van der Waals surface area contributed by atoms with Gasteiger partial charge >= 0.3 is 5.97 Å². The molecular formula is C14H15N3O3S. The third-order valence-corrected chi connectivity index (χ3v) is 3.61. The Balaban J connectivity index is 1.83. The number of thiophene rings is 1. The molecular weight excluding hydrogens is 290 g/mol. The molecule has 2 aromatic rings. The number of hydrogen-bond acceptors (Lipinski definition) is 6. The minimum Gasteiger partial charge on any atom is -0.480 e. The van der Waals surface area contributed by atoms with Crippen molar-refractivity contribution < 1.29 is 14.4 Å². The molecule has 0 spiro atoms. The highest BCUT2D eigenvalue weighted by atomic mass is 32.1. The molecule has 0 aliphatic rings. The molecule has 7 heteroatoms. The normalized spacial score (nSPS) is 10.7. The summed E-state index contributed by atoms with van der Waals surface area (Å²) in [5.74, 6) is 2.71. The molecule has 0 radical (unpaired) electrons. The van der Waals surface area contributed by atoms with Crippen molar-refractivity contribution in [2.75, 3.05) is 19.6 Å². The monoisotopic (exact) mass is 305 g/mol. The van der Waals surface area contributed by atoms with Gasteiger partial charge in [0.25, 0.3) is 0 Å². The first-order valence-corrected chi connectivity index (χ1v) is 7.31. The minimum absolute atomic E-state index is 0.0610. The second kappa shape index (κ2) is 7.57. The van der Waals surface area contributed by atoms with Gasteiger partial charge < -0.3 is 9.63 Å².